The lowest BCUT2D eigenvalue weighted by atomic mass is 10.4. The van der Waals surface area contributed by atoms with E-state index in [1.54, 1.807) is 0 Å². The second-order valence-electron chi connectivity index (χ2n) is 2.01. The molecule has 1 aromatic rings. The van der Waals surface area contributed by atoms with Gasteiger partial charge in [0.05, 0.1) is 0 Å². The summed E-state index contributed by atoms with van der Waals surface area (Å²) >= 11 is 8.76. The van der Waals surface area contributed by atoms with E-state index in [-0.39, 0.29) is 0 Å². The summed E-state index contributed by atoms with van der Waals surface area (Å²) in [7, 11) is 0. The van der Waals surface area contributed by atoms with Crippen LogP contribution in [0.3, 0.4) is 0 Å². The highest BCUT2D eigenvalue weighted by Gasteiger charge is 1.98. The van der Waals surface area contributed by atoms with Crippen LogP contribution in [0.25, 0.3) is 0 Å². The number of hydrogen-bond donors (Lipinski definition) is 0. The molecule has 3 heteroatoms. The first-order valence-corrected chi connectivity index (χ1v) is 5.89. The molecule has 0 nitrogen and oxygen atoms in total. The summed E-state index contributed by atoms with van der Waals surface area (Å²) in [6.45, 7) is 2.15. The zero-order valence-corrected chi connectivity index (χ0v) is 10.1. The Morgan fingerprint density at radius 2 is 2.09 bits per heavy atom. The van der Waals surface area contributed by atoms with Crippen molar-refractivity contribution in [2.45, 2.75) is 11.8 Å². The smallest absolute Gasteiger partial charge is 0.0312 e. The van der Waals surface area contributed by atoms with E-state index < -0.39 is 0 Å². The minimum absolute atomic E-state index is 1.11. The van der Waals surface area contributed by atoms with Crippen LogP contribution >= 0.6 is 43.6 Å². The number of thioether (sulfide) groups is 1. The zero-order chi connectivity index (χ0) is 8.27. The Bertz CT molecular complexity index is 248. The van der Waals surface area contributed by atoms with Crippen molar-refractivity contribution in [1.29, 1.82) is 0 Å². The van der Waals surface area contributed by atoms with E-state index in [1.165, 1.54) is 9.37 Å². The second kappa shape index (κ2) is 4.53. The van der Waals surface area contributed by atoms with Gasteiger partial charge < -0.3 is 0 Å². The van der Waals surface area contributed by atoms with Gasteiger partial charge in [-0.25, -0.2) is 0 Å². The molecular formula is C8H8Br2S. The average molecular weight is 296 g/mol. The van der Waals surface area contributed by atoms with E-state index >= 15 is 0 Å². The monoisotopic (exact) mass is 294 g/mol. The summed E-state index contributed by atoms with van der Waals surface area (Å²) in [6.07, 6.45) is 0. The Morgan fingerprint density at radius 3 is 2.73 bits per heavy atom. The van der Waals surface area contributed by atoms with Crippen LogP contribution in [-0.4, -0.2) is 5.75 Å². The Morgan fingerprint density at radius 1 is 1.36 bits per heavy atom. The Hall–Kier alpha value is 0.530. The van der Waals surface area contributed by atoms with E-state index in [4.69, 9.17) is 0 Å². The van der Waals surface area contributed by atoms with Gasteiger partial charge in [0, 0.05) is 13.8 Å². The molecule has 0 bridgehead atoms. The van der Waals surface area contributed by atoms with Gasteiger partial charge in [0.25, 0.3) is 0 Å². The quantitative estimate of drug-likeness (QED) is 0.732. The first kappa shape index (κ1) is 9.62. The minimum atomic E-state index is 1.11. The molecule has 0 aliphatic rings. The molecule has 0 aliphatic heterocycles. The van der Waals surface area contributed by atoms with Gasteiger partial charge in [0.2, 0.25) is 0 Å². The second-order valence-corrected chi connectivity index (χ2v) is 5.08. The number of hydrogen-bond acceptors (Lipinski definition) is 1. The van der Waals surface area contributed by atoms with Gasteiger partial charge in [-0.1, -0.05) is 22.9 Å². The maximum atomic E-state index is 3.49. The van der Waals surface area contributed by atoms with Crippen molar-refractivity contribution in [2.24, 2.45) is 0 Å². The van der Waals surface area contributed by atoms with Crippen molar-refractivity contribution in [2.75, 3.05) is 5.75 Å². The molecule has 0 aromatic heterocycles. The molecule has 0 saturated carbocycles. The van der Waals surface area contributed by atoms with Gasteiger partial charge in [-0.3, -0.25) is 0 Å². The normalized spacial score (nSPS) is 10.1. The predicted octanol–water partition coefficient (Wildman–Crippen LogP) is 4.32. The fourth-order valence-electron chi connectivity index (χ4n) is 0.743. The van der Waals surface area contributed by atoms with Crippen LogP contribution in [0, 0.1) is 0 Å². The molecule has 11 heavy (non-hydrogen) atoms. The third-order valence-electron chi connectivity index (χ3n) is 1.19. The molecule has 0 N–H and O–H groups in total. The van der Waals surface area contributed by atoms with Crippen molar-refractivity contribution in [3.63, 3.8) is 0 Å². The fraction of sp³-hybridized carbons (Fsp3) is 0.250. The maximum Gasteiger partial charge on any atom is 0.0312 e. The highest BCUT2D eigenvalue weighted by molar-refractivity contribution is 9.11. The largest absolute Gasteiger partial charge is 0.125 e. The summed E-state index contributed by atoms with van der Waals surface area (Å²) in [5.74, 6) is 1.11. The highest BCUT2D eigenvalue weighted by atomic mass is 79.9. The summed E-state index contributed by atoms with van der Waals surface area (Å²) < 4.78 is 2.31. The molecule has 0 radical (unpaired) electrons. The van der Waals surface area contributed by atoms with Crippen molar-refractivity contribution in [3.8, 4) is 0 Å². The topological polar surface area (TPSA) is 0 Å². The van der Waals surface area contributed by atoms with Crippen molar-refractivity contribution in [3.05, 3.63) is 27.1 Å². The first-order chi connectivity index (χ1) is 5.24. The van der Waals surface area contributed by atoms with Crippen molar-refractivity contribution < 1.29 is 0 Å². The zero-order valence-electron chi connectivity index (χ0n) is 6.10. The van der Waals surface area contributed by atoms with Crippen LogP contribution < -0.4 is 0 Å². The number of rotatable bonds is 2. The van der Waals surface area contributed by atoms with Crippen LogP contribution in [0.1, 0.15) is 6.92 Å². The van der Waals surface area contributed by atoms with E-state index in [0.717, 1.165) is 10.2 Å². The van der Waals surface area contributed by atoms with Gasteiger partial charge in [0.15, 0.2) is 0 Å². The van der Waals surface area contributed by atoms with Crippen LogP contribution in [0.15, 0.2) is 32.0 Å². The van der Waals surface area contributed by atoms with E-state index in [9.17, 15) is 0 Å². The highest BCUT2D eigenvalue weighted by Crippen LogP contribution is 2.29. The summed E-state index contributed by atoms with van der Waals surface area (Å²) in [6, 6.07) is 6.21. The third-order valence-corrected chi connectivity index (χ3v) is 3.58. The molecule has 0 aliphatic carbocycles. The third kappa shape index (κ3) is 2.80. The van der Waals surface area contributed by atoms with Crippen LogP contribution in [0.5, 0.6) is 0 Å². The van der Waals surface area contributed by atoms with Crippen LogP contribution in [0.4, 0.5) is 0 Å². The van der Waals surface area contributed by atoms with Gasteiger partial charge in [-0.2, -0.15) is 0 Å². The molecular weight excluding hydrogens is 288 g/mol. The van der Waals surface area contributed by atoms with Gasteiger partial charge in [-0.15, -0.1) is 11.8 Å². The van der Waals surface area contributed by atoms with E-state index in [0.29, 0.717) is 0 Å². The molecule has 0 saturated heterocycles. The van der Waals surface area contributed by atoms with Crippen molar-refractivity contribution in [1.82, 2.24) is 0 Å². The molecule has 0 amide bonds. The SMILES string of the molecule is CCSc1cc(Br)ccc1Br. The lowest BCUT2D eigenvalue weighted by Gasteiger charge is -2.01. The van der Waals surface area contributed by atoms with Crippen LogP contribution in [-0.2, 0) is 0 Å². The summed E-state index contributed by atoms with van der Waals surface area (Å²) in [5.41, 5.74) is 0. The molecule has 0 atom stereocenters. The van der Waals surface area contributed by atoms with Crippen LogP contribution in [0.2, 0.25) is 0 Å². The molecule has 0 fully saturated rings. The molecule has 0 heterocycles. The first-order valence-electron chi connectivity index (χ1n) is 3.32. The van der Waals surface area contributed by atoms with Crippen molar-refractivity contribution >= 4 is 43.6 Å². The predicted molar refractivity (Wildman–Crippen MR) is 58.2 cm³/mol. The lowest BCUT2D eigenvalue weighted by Crippen LogP contribution is -1.75. The molecule has 1 rings (SSSR count). The molecule has 1 aromatic carbocycles. The Kier molecular flexibility index (Phi) is 3.96. The molecule has 0 unspecified atom stereocenters. The molecule has 0 spiro atoms. The van der Waals surface area contributed by atoms with Gasteiger partial charge >= 0.3 is 0 Å². The van der Waals surface area contributed by atoms with E-state index in [1.807, 2.05) is 17.8 Å². The minimum Gasteiger partial charge on any atom is -0.125 e. The Labute approximate surface area is 88.0 Å². The van der Waals surface area contributed by atoms with Gasteiger partial charge in [-0.05, 0) is 39.9 Å². The maximum absolute atomic E-state index is 3.49. The van der Waals surface area contributed by atoms with E-state index in [2.05, 4.69) is 50.9 Å². The summed E-state index contributed by atoms with van der Waals surface area (Å²) in [4.78, 5) is 1.29. The van der Waals surface area contributed by atoms with Gasteiger partial charge in [0.1, 0.15) is 0 Å². The average Bonchev–Trinajstić information content (AvgIpc) is 1.98. The number of halogens is 2. The Balaban J connectivity index is 2.93. The lowest BCUT2D eigenvalue weighted by molar-refractivity contribution is 1.37. The number of benzene rings is 1. The molecule has 60 valence electrons. The fourth-order valence-corrected chi connectivity index (χ4v) is 2.57. The standard InChI is InChI=1S/C8H8Br2S/c1-2-11-8-5-6(9)3-4-7(8)10/h3-5H,2H2,1H3. The summed E-state index contributed by atoms with van der Waals surface area (Å²) in [5, 5.41) is 0.